The monoisotopic (exact) mass is 691 g/mol. The molecular weight excluding hydrogens is 655 g/mol. The first kappa shape index (κ1) is 31.7. The van der Waals surface area contributed by atoms with Crippen LogP contribution >= 0.6 is 0 Å². The summed E-state index contributed by atoms with van der Waals surface area (Å²) in [5.74, 6) is 0. The quantitative estimate of drug-likeness (QED) is 0.131. The molecule has 1 aromatic heterocycles. The molecule has 0 aliphatic heterocycles. The summed E-state index contributed by atoms with van der Waals surface area (Å²) >= 11 is 0. The van der Waals surface area contributed by atoms with Crippen LogP contribution in [0.1, 0.15) is 33.4 Å². The van der Waals surface area contributed by atoms with Gasteiger partial charge in [-0.05, 0) is 68.8 Å². The molecule has 256 valence electrons. The molecule has 1 aliphatic carbocycles. The van der Waals surface area contributed by atoms with E-state index >= 15 is 0 Å². The Kier molecular flexibility index (Phi) is 7.59. The highest BCUT2D eigenvalue weighted by Crippen LogP contribution is 2.57. The van der Waals surface area contributed by atoms with Gasteiger partial charge in [-0.3, -0.25) is 4.99 Å². The minimum atomic E-state index is -0.464. The van der Waals surface area contributed by atoms with Crippen molar-refractivity contribution in [2.24, 2.45) is 4.99 Å². The van der Waals surface area contributed by atoms with Gasteiger partial charge < -0.3 is 10.3 Å². The van der Waals surface area contributed by atoms with Crippen LogP contribution in [0.5, 0.6) is 0 Å². The second kappa shape index (κ2) is 12.9. The van der Waals surface area contributed by atoms with Gasteiger partial charge in [0, 0.05) is 27.6 Å². The number of aromatic nitrogens is 1. The molecule has 3 heteroatoms. The van der Waals surface area contributed by atoms with E-state index in [0.717, 1.165) is 27.9 Å². The fraction of sp³-hybridized carbons (Fsp3) is 0.0392. The molecule has 0 amide bonds. The van der Waals surface area contributed by atoms with Crippen LogP contribution in [0.4, 0.5) is 5.69 Å². The smallest absolute Gasteiger partial charge is 0.115 e. The number of fused-ring (bicyclic) bond motifs is 6. The topological polar surface area (TPSA) is 43.3 Å². The van der Waals surface area contributed by atoms with E-state index in [1.54, 1.807) is 0 Å². The number of benzene rings is 8. The molecule has 0 saturated heterocycles. The van der Waals surface area contributed by atoms with Crippen LogP contribution in [0, 0.1) is 0 Å². The van der Waals surface area contributed by atoms with Gasteiger partial charge in [-0.15, -0.1) is 0 Å². The van der Waals surface area contributed by atoms with Crippen molar-refractivity contribution in [1.29, 1.82) is 0 Å². The number of nitrogens with two attached hydrogens (primary N) is 1. The second-order valence-corrected chi connectivity index (χ2v) is 14.1. The number of hydrogen-bond acceptors (Lipinski definition) is 2. The summed E-state index contributed by atoms with van der Waals surface area (Å²) in [6.45, 7) is 0.428. The molecule has 1 aliphatic rings. The van der Waals surface area contributed by atoms with Crippen LogP contribution in [0.25, 0.3) is 44.1 Å². The Hall–Kier alpha value is -6.97. The molecule has 2 N–H and O–H groups in total. The minimum Gasteiger partial charge on any atom is -0.398 e. The first-order valence-corrected chi connectivity index (χ1v) is 18.5. The van der Waals surface area contributed by atoms with Gasteiger partial charge in [-0.2, -0.15) is 0 Å². The number of anilines is 1. The average molecular weight is 692 g/mol. The van der Waals surface area contributed by atoms with Crippen molar-refractivity contribution < 1.29 is 0 Å². The molecule has 0 radical (unpaired) electrons. The molecule has 3 nitrogen and oxygen atoms in total. The number of rotatable bonds is 7. The van der Waals surface area contributed by atoms with Gasteiger partial charge in [0.1, 0.15) is 6.67 Å². The Bertz CT molecular complexity index is 2790. The maximum Gasteiger partial charge on any atom is 0.115 e. The number of nitrogen functional groups attached to an aromatic ring is 1. The van der Waals surface area contributed by atoms with Gasteiger partial charge >= 0.3 is 0 Å². The highest BCUT2D eigenvalue weighted by Gasteiger charge is 2.46. The van der Waals surface area contributed by atoms with Gasteiger partial charge in [-0.25, -0.2) is 0 Å². The van der Waals surface area contributed by atoms with E-state index in [4.69, 9.17) is 10.7 Å². The molecule has 0 fully saturated rings. The lowest BCUT2D eigenvalue weighted by molar-refractivity contribution is 0.768. The van der Waals surface area contributed by atoms with Crippen LogP contribution in [0.2, 0.25) is 0 Å². The van der Waals surface area contributed by atoms with Crippen LogP contribution in [0.15, 0.2) is 205 Å². The summed E-state index contributed by atoms with van der Waals surface area (Å²) in [6.07, 6.45) is 0. The summed E-state index contributed by atoms with van der Waals surface area (Å²) in [5, 5.41) is 2.43. The van der Waals surface area contributed by atoms with Crippen LogP contribution in [-0.2, 0) is 12.1 Å². The number of aliphatic imine (C=N–C) groups is 1. The minimum absolute atomic E-state index is 0.428. The van der Waals surface area contributed by atoms with E-state index in [1.807, 2.05) is 24.3 Å². The number of para-hydroxylation sites is 2. The maximum atomic E-state index is 6.65. The largest absolute Gasteiger partial charge is 0.398 e. The van der Waals surface area contributed by atoms with Gasteiger partial charge in [-0.1, -0.05) is 176 Å². The van der Waals surface area contributed by atoms with E-state index < -0.39 is 5.41 Å². The Morgan fingerprint density at radius 2 is 1.07 bits per heavy atom. The van der Waals surface area contributed by atoms with Crippen molar-refractivity contribution in [3.8, 4) is 22.3 Å². The van der Waals surface area contributed by atoms with Gasteiger partial charge in [0.2, 0.25) is 0 Å². The van der Waals surface area contributed by atoms with Crippen molar-refractivity contribution in [2.45, 2.75) is 12.1 Å². The van der Waals surface area contributed by atoms with Crippen molar-refractivity contribution in [3.63, 3.8) is 0 Å². The van der Waals surface area contributed by atoms with Crippen molar-refractivity contribution in [2.75, 3.05) is 5.73 Å². The van der Waals surface area contributed by atoms with Crippen LogP contribution < -0.4 is 5.73 Å². The van der Waals surface area contributed by atoms with Crippen LogP contribution in [-0.4, -0.2) is 10.3 Å². The van der Waals surface area contributed by atoms with Crippen LogP contribution in [0.3, 0.4) is 0 Å². The highest BCUT2D eigenvalue weighted by molar-refractivity contribution is 6.16. The maximum absolute atomic E-state index is 6.65. The lowest BCUT2D eigenvalue weighted by atomic mass is 9.67. The Balaban J connectivity index is 1.19. The normalized spacial score (nSPS) is 13.2. The lowest BCUT2D eigenvalue weighted by Crippen LogP contribution is -2.28. The van der Waals surface area contributed by atoms with E-state index in [9.17, 15) is 0 Å². The van der Waals surface area contributed by atoms with Crippen molar-refractivity contribution in [1.82, 2.24) is 4.57 Å². The fourth-order valence-electron chi connectivity index (χ4n) is 8.77. The zero-order chi connectivity index (χ0) is 36.1. The SMILES string of the molecule is Nc1ccccc1C(=NCn1c2ccccc2c2cc3c(cc21)-c1ccccc1C3(c1ccccc1)c1ccccc1)c1ccc(-c2ccccc2)cc1. The third-order valence-corrected chi connectivity index (χ3v) is 11.2. The zero-order valence-corrected chi connectivity index (χ0v) is 29.7. The average Bonchev–Trinajstić information content (AvgIpc) is 3.71. The summed E-state index contributed by atoms with van der Waals surface area (Å²) in [7, 11) is 0. The highest BCUT2D eigenvalue weighted by atomic mass is 15.1. The second-order valence-electron chi connectivity index (χ2n) is 14.1. The predicted octanol–water partition coefficient (Wildman–Crippen LogP) is 11.9. The van der Waals surface area contributed by atoms with Gasteiger partial charge in [0.25, 0.3) is 0 Å². The van der Waals surface area contributed by atoms with E-state index in [0.29, 0.717) is 12.4 Å². The molecule has 0 unspecified atom stereocenters. The third-order valence-electron chi connectivity index (χ3n) is 11.2. The molecule has 0 spiro atoms. The zero-order valence-electron chi connectivity index (χ0n) is 29.7. The summed E-state index contributed by atoms with van der Waals surface area (Å²) in [5.41, 5.74) is 22.0. The van der Waals surface area contributed by atoms with E-state index in [-0.39, 0.29) is 0 Å². The molecule has 0 atom stereocenters. The molecule has 0 saturated carbocycles. The summed E-state index contributed by atoms with van der Waals surface area (Å²) < 4.78 is 2.37. The van der Waals surface area contributed by atoms with Crippen molar-refractivity contribution in [3.05, 3.63) is 234 Å². The summed E-state index contributed by atoms with van der Waals surface area (Å²) in [6, 6.07) is 71.7. The fourth-order valence-corrected chi connectivity index (χ4v) is 8.77. The van der Waals surface area contributed by atoms with Crippen molar-refractivity contribution >= 4 is 33.2 Å². The van der Waals surface area contributed by atoms with E-state index in [2.05, 4.69) is 180 Å². The number of hydrogen-bond donors (Lipinski definition) is 1. The third kappa shape index (κ3) is 4.93. The Morgan fingerprint density at radius 3 is 1.80 bits per heavy atom. The molecule has 0 bridgehead atoms. The molecule has 9 aromatic rings. The Morgan fingerprint density at radius 1 is 0.481 bits per heavy atom. The van der Waals surface area contributed by atoms with Gasteiger partial charge in [0.05, 0.1) is 22.2 Å². The standard InChI is InChI=1S/C51H37N3/c52-47-26-14-11-24-42(47)50(37-30-28-36(29-31-37)35-16-4-1-5-17-35)53-34-54-48-27-15-12-23-41(48)44-32-46-43(33-49(44)54)40-22-10-13-25-45(40)51(46,38-18-6-2-7-19-38)39-20-8-3-9-21-39/h1-33H,34,52H2. The number of nitrogens with zero attached hydrogens (tertiary/aromatic N) is 2. The van der Waals surface area contributed by atoms with Gasteiger partial charge in [0.15, 0.2) is 0 Å². The Labute approximate surface area is 315 Å². The summed E-state index contributed by atoms with van der Waals surface area (Å²) in [4.78, 5) is 5.43. The molecule has 54 heavy (non-hydrogen) atoms. The first-order valence-electron chi connectivity index (χ1n) is 18.5. The molecule has 8 aromatic carbocycles. The molecule has 1 heterocycles. The first-order chi connectivity index (χ1) is 26.7. The molecular formula is C51H37N3. The van der Waals surface area contributed by atoms with E-state index in [1.165, 1.54) is 55.3 Å². The lowest BCUT2D eigenvalue weighted by Gasteiger charge is -2.33. The predicted molar refractivity (Wildman–Crippen MR) is 225 cm³/mol. The molecule has 10 rings (SSSR count).